The van der Waals surface area contributed by atoms with Gasteiger partial charge in [0.15, 0.2) is 11.5 Å². The van der Waals surface area contributed by atoms with Crippen LogP contribution in [0.5, 0.6) is 11.5 Å². The van der Waals surface area contributed by atoms with Gasteiger partial charge in [0.05, 0.1) is 12.7 Å². The first kappa shape index (κ1) is 20.3. The summed E-state index contributed by atoms with van der Waals surface area (Å²) in [7, 11) is 1.63. The molecule has 0 aliphatic carbocycles. The number of carboxylic acid groups (broad SMARTS) is 1. The fourth-order valence-electron chi connectivity index (χ4n) is 3.05. The Morgan fingerprint density at radius 2 is 1.79 bits per heavy atom. The van der Waals surface area contributed by atoms with Crippen LogP contribution in [-0.4, -0.2) is 18.2 Å². The second-order valence-electron chi connectivity index (χ2n) is 6.91. The standard InChI is InChI=1S/C24H25NO4/c1-16-7-9-18(10-8-16)15-29-23-20(5-4-6-22(23)28-3)14-25-21-12-11-19(24(26)27)13-17(21)2/h4-13,25H,14-15H2,1-3H3,(H,26,27). The van der Waals surface area contributed by atoms with Crippen molar-refractivity contribution < 1.29 is 19.4 Å². The molecule has 0 aliphatic heterocycles. The summed E-state index contributed by atoms with van der Waals surface area (Å²) >= 11 is 0. The number of hydrogen-bond donors (Lipinski definition) is 2. The van der Waals surface area contributed by atoms with Gasteiger partial charge in [-0.25, -0.2) is 4.79 Å². The van der Waals surface area contributed by atoms with E-state index in [2.05, 4.69) is 36.5 Å². The summed E-state index contributed by atoms with van der Waals surface area (Å²) in [4.78, 5) is 11.1. The number of carbonyl (C=O) groups is 1. The van der Waals surface area contributed by atoms with Crippen molar-refractivity contribution in [1.82, 2.24) is 0 Å². The molecule has 0 aromatic heterocycles. The van der Waals surface area contributed by atoms with E-state index in [0.29, 0.717) is 24.7 Å². The number of anilines is 1. The third-order valence-electron chi connectivity index (χ3n) is 4.73. The highest BCUT2D eigenvalue weighted by Crippen LogP contribution is 2.32. The maximum Gasteiger partial charge on any atom is 0.335 e. The highest BCUT2D eigenvalue weighted by Gasteiger charge is 2.12. The van der Waals surface area contributed by atoms with E-state index in [1.807, 2.05) is 25.1 Å². The van der Waals surface area contributed by atoms with Gasteiger partial charge in [0.25, 0.3) is 0 Å². The number of aromatic carboxylic acids is 1. The van der Waals surface area contributed by atoms with Gasteiger partial charge >= 0.3 is 5.97 Å². The average molecular weight is 391 g/mol. The van der Waals surface area contributed by atoms with Crippen molar-refractivity contribution in [2.24, 2.45) is 0 Å². The van der Waals surface area contributed by atoms with Gasteiger partial charge in [-0.1, -0.05) is 42.0 Å². The molecule has 2 N–H and O–H groups in total. The second kappa shape index (κ2) is 9.15. The second-order valence-corrected chi connectivity index (χ2v) is 6.91. The van der Waals surface area contributed by atoms with Gasteiger partial charge in [-0.05, 0) is 49.2 Å². The minimum atomic E-state index is -0.931. The Morgan fingerprint density at radius 1 is 1.03 bits per heavy atom. The molecule has 0 atom stereocenters. The van der Waals surface area contributed by atoms with Crippen molar-refractivity contribution in [1.29, 1.82) is 0 Å². The van der Waals surface area contributed by atoms with Crippen molar-refractivity contribution in [2.75, 3.05) is 12.4 Å². The SMILES string of the molecule is COc1cccc(CNc2ccc(C(=O)O)cc2C)c1OCc1ccc(C)cc1. The Morgan fingerprint density at radius 3 is 2.45 bits per heavy atom. The minimum Gasteiger partial charge on any atom is -0.493 e. The largest absolute Gasteiger partial charge is 0.493 e. The normalized spacial score (nSPS) is 10.4. The summed E-state index contributed by atoms with van der Waals surface area (Å²) < 4.78 is 11.6. The summed E-state index contributed by atoms with van der Waals surface area (Å²) in [6.07, 6.45) is 0. The highest BCUT2D eigenvalue weighted by atomic mass is 16.5. The summed E-state index contributed by atoms with van der Waals surface area (Å²) in [5.41, 5.74) is 5.27. The average Bonchev–Trinajstić information content (AvgIpc) is 2.72. The van der Waals surface area contributed by atoms with E-state index < -0.39 is 5.97 Å². The molecule has 0 fully saturated rings. The predicted molar refractivity (Wildman–Crippen MR) is 114 cm³/mol. The first-order valence-electron chi connectivity index (χ1n) is 9.40. The Labute approximate surface area is 170 Å². The fourth-order valence-corrected chi connectivity index (χ4v) is 3.05. The topological polar surface area (TPSA) is 67.8 Å². The van der Waals surface area contributed by atoms with Gasteiger partial charge in [0.2, 0.25) is 0 Å². The maximum absolute atomic E-state index is 11.1. The van der Waals surface area contributed by atoms with Gasteiger partial charge in [0, 0.05) is 17.8 Å². The number of benzene rings is 3. The number of carboxylic acids is 1. The van der Waals surface area contributed by atoms with Crippen LogP contribution >= 0.6 is 0 Å². The molecular weight excluding hydrogens is 366 g/mol. The number of para-hydroxylation sites is 1. The molecule has 5 nitrogen and oxygen atoms in total. The quantitative estimate of drug-likeness (QED) is 0.552. The minimum absolute atomic E-state index is 0.275. The van der Waals surface area contributed by atoms with Crippen molar-refractivity contribution in [2.45, 2.75) is 27.0 Å². The molecule has 0 aliphatic rings. The lowest BCUT2D eigenvalue weighted by atomic mass is 10.1. The Balaban J connectivity index is 1.77. The van der Waals surface area contributed by atoms with Crippen LogP contribution in [0.3, 0.4) is 0 Å². The van der Waals surface area contributed by atoms with E-state index in [0.717, 1.165) is 22.4 Å². The van der Waals surface area contributed by atoms with E-state index in [4.69, 9.17) is 14.6 Å². The zero-order chi connectivity index (χ0) is 20.8. The molecule has 0 amide bonds. The van der Waals surface area contributed by atoms with Crippen LogP contribution in [0.25, 0.3) is 0 Å². The molecule has 0 saturated heterocycles. The molecule has 5 heteroatoms. The van der Waals surface area contributed by atoms with E-state index >= 15 is 0 Å². The molecule has 0 unspecified atom stereocenters. The molecule has 0 spiro atoms. The molecule has 0 saturated carbocycles. The smallest absolute Gasteiger partial charge is 0.335 e. The molecule has 0 radical (unpaired) electrons. The Bertz CT molecular complexity index is 996. The number of methoxy groups -OCH3 is 1. The third-order valence-corrected chi connectivity index (χ3v) is 4.73. The zero-order valence-corrected chi connectivity index (χ0v) is 16.9. The number of hydrogen-bond acceptors (Lipinski definition) is 4. The number of nitrogens with one attached hydrogen (secondary N) is 1. The summed E-state index contributed by atoms with van der Waals surface area (Å²) in [6.45, 7) is 4.91. The third kappa shape index (κ3) is 5.08. The fraction of sp³-hybridized carbons (Fsp3) is 0.208. The van der Waals surface area contributed by atoms with E-state index in [1.54, 1.807) is 25.3 Å². The molecule has 3 rings (SSSR count). The lowest BCUT2D eigenvalue weighted by Crippen LogP contribution is -2.06. The van der Waals surface area contributed by atoms with Crippen LogP contribution in [0.4, 0.5) is 5.69 Å². The molecule has 0 bridgehead atoms. The van der Waals surface area contributed by atoms with Crippen LogP contribution in [-0.2, 0) is 13.2 Å². The first-order chi connectivity index (χ1) is 14.0. The van der Waals surface area contributed by atoms with Crippen LogP contribution in [0.1, 0.15) is 32.6 Å². The van der Waals surface area contributed by atoms with E-state index in [9.17, 15) is 4.79 Å². The van der Waals surface area contributed by atoms with E-state index in [-0.39, 0.29) is 5.56 Å². The van der Waals surface area contributed by atoms with Crippen LogP contribution in [0, 0.1) is 13.8 Å². The number of ether oxygens (including phenoxy) is 2. The number of aryl methyl sites for hydroxylation is 2. The molecular formula is C24H25NO4. The summed E-state index contributed by atoms with van der Waals surface area (Å²) in [6, 6.07) is 19.1. The van der Waals surface area contributed by atoms with Gasteiger partial charge < -0.3 is 19.9 Å². The first-order valence-corrected chi connectivity index (χ1v) is 9.40. The predicted octanol–water partition coefficient (Wildman–Crippen LogP) is 5.20. The molecule has 3 aromatic rings. The van der Waals surface area contributed by atoms with Crippen molar-refractivity contribution in [3.05, 3.63) is 88.5 Å². The van der Waals surface area contributed by atoms with Crippen molar-refractivity contribution >= 4 is 11.7 Å². The summed E-state index contributed by atoms with van der Waals surface area (Å²) in [5.74, 6) is 0.441. The van der Waals surface area contributed by atoms with Crippen molar-refractivity contribution in [3.63, 3.8) is 0 Å². The van der Waals surface area contributed by atoms with Gasteiger partial charge in [-0.3, -0.25) is 0 Å². The summed E-state index contributed by atoms with van der Waals surface area (Å²) in [5, 5.41) is 12.5. The Hall–Kier alpha value is -3.47. The molecule has 0 heterocycles. The van der Waals surface area contributed by atoms with Crippen molar-refractivity contribution in [3.8, 4) is 11.5 Å². The Kier molecular flexibility index (Phi) is 6.39. The van der Waals surface area contributed by atoms with Gasteiger partial charge in [-0.2, -0.15) is 0 Å². The van der Waals surface area contributed by atoms with Gasteiger partial charge in [0.1, 0.15) is 6.61 Å². The molecule has 3 aromatic carbocycles. The maximum atomic E-state index is 11.1. The number of rotatable bonds is 8. The van der Waals surface area contributed by atoms with E-state index in [1.165, 1.54) is 5.56 Å². The molecule has 29 heavy (non-hydrogen) atoms. The zero-order valence-electron chi connectivity index (χ0n) is 16.9. The van der Waals surface area contributed by atoms with Gasteiger partial charge in [-0.15, -0.1) is 0 Å². The monoisotopic (exact) mass is 391 g/mol. The van der Waals surface area contributed by atoms with Crippen LogP contribution in [0.15, 0.2) is 60.7 Å². The molecule has 150 valence electrons. The lowest BCUT2D eigenvalue weighted by Gasteiger charge is -2.17. The van der Waals surface area contributed by atoms with Crippen LogP contribution < -0.4 is 14.8 Å². The van der Waals surface area contributed by atoms with Crippen LogP contribution in [0.2, 0.25) is 0 Å². The highest BCUT2D eigenvalue weighted by molar-refractivity contribution is 5.88. The lowest BCUT2D eigenvalue weighted by molar-refractivity contribution is 0.0697.